The van der Waals surface area contributed by atoms with Crippen molar-refractivity contribution < 1.29 is 77.2 Å². The van der Waals surface area contributed by atoms with E-state index in [9.17, 15) is 34.2 Å². The Labute approximate surface area is 764 Å². The van der Waals surface area contributed by atoms with Crippen LogP contribution in [0.25, 0.3) is 10.9 Å². The van der Waals surface area contributed by atoms with E-state index in [4.69, 9.17) is 14.5 Å². The second-order valence-electron chi connectivity index (χ2n) is 35.6. The van der Waals surface area contributed by atoms with E-state index in [2.05, 4.69) is 31.9 Å². The number of ketones is 4. The molecule has 0 aliphatic heterocycles. The van der Waals surface area contributed by atoms with Crippen molar-refractivity contribution in [3.05, 3.63) is 299 Å². The molecular weight excluding hydrogens is 1660 g/mol. The van der Waals surface area contributed by atoms with Crippen LogP contribution >= 0.6 is 11.8 Å². The molecular formula is C104H121N9O16S. The van der Waals surface area contributed by atoms with Crippen molar-refractivity contribution in [2.45, 2.75) is 212 Å². The lowest BCUT2D eigenvalue weighted by atomic mass is 9.76. The van der Waals surface area contributed by atoms with Crippen molar-refractivity contribution in [3.8, 4) is 5.75 Å². The first-order chi connectivity index (χ1) is 62.0. The largest absolute Gasteiger partial charge is 0.508 e. The van der Waals surface area contributed by atoms with Gasteiger partial charge in [0.15, 0.2) is 23.1 Å². The van der Waals surface area contributed by atoms with Gasteiger partial charge in [0.2, 0.25) is 35.4 Å². The van der Waals surface area contributed by atoms with Crippen LogP contribution < -0.4 is 31.9 Å². The normalized spacial score (nSPS) is 13.9. The molecule has 130 heavy (non-hydrogen) atoms. The highest BCUT2D eigenvalue weighted by Crippen LogP contribution is 2.42. The lowest BCUT2D eigenvalue weighted by molar-refractivity contribution is -0.142. The molecule has 0 radical (unpaired) electrons. The van der Waals surface area contributed by atoms with E-state index >= 15 is 33.6 Å². The average Bonchev–Trinajstić information content (AvgIpc) is 1.32. The summed E-state index contributed by atoms with van der Waals surface area (Å²) in [6, 6.07) is 63.3. The second kappa shape index (κ2) is 45.9. The number of aromatic nitrogens is 3. The molecule has 0 fully saturated rings. The summed E-state index contributed by atoms with van der Waals surface area (Å²) in [7, 11) is 0. The molecule has 0 saturated heterocycles. The van der Waals surface area contributed by atoms with Gasteiger partial charge in [0, 0.05) is 86.9 Å². The van der Waals surface area contributed by atoms with Crippen molar-refractivity contribution in [3.63, 3.8) is 0 Å². The monoisotopic (exact) mass is 1780 g/mol. The standard InChI is InChI=1S/C104H121N9O16S/c1-13-92(119)106-86(63-94(121)111-103(74-34-20-14-21-35-74,75-36-22-15-23-37-75)76-38-24-16-25-39-76)91(118)60-71(56-67(2)3)97(123)109-84(59-73-64-113(100(127)129-102(9,10)11)87-47-33-32-46-82(73)87)89(116)57-68(4)96(122)110-95(69(5)128-101(6,7)8)88(115)52-53-93(120)107-85(90(117)61-72(58-70-48-50-81(114)51-49-70)98(124)108-83(99(125)126)54-55-130-12)62-80-65-112(66-105-80)104(77-40-26-17-27-41-77,78-42-28-18-29-43-78)79-44-30-19-31-45-79/h14-51,64-69,71-72,83-86,95,114H,13,52-63H2,1-12H3,(H,106,119)(H,107,120)(H,108,124)(H,109,123)(H,110,122)(H,111,121)(H,125,126)/t68-,69-,71-,72-,83+,84+,85+,86+,95+/m1/s1. The first kappa shape index (κ1) is 99.2. The maximum absolute atomic E-state index is 15.5. The van der Waals surface area contributed by atoms with Crippen LogP contribution in [0.15, 0.2) is 249 Å². The van der Waals surface area contributed by atoms with Gasteiger partial charge >= 0.3 is 12.1 Å². The number of aromatic hydroxyl groups is 1. The third-order valence-corrected chi connectivity index (χ3v) is 23.5. The second-order valence-corrected chi connectivity index (χ2v) is 36.6. The highest BCUT2D eigenvalue weighted by molar-refractivity contribution is 7.98. The number of fused-ring (bicyclic) bond motifs is 1. The Bertz CT molecular complexity index is 5330. The number of rotatable bonds is 46. The van der Waals surface area contributed by atoms with Crippen LogP contribution in [-0.4, -0.2) is 154 Å². The quantitative estimate of drug-likeness (QED) is 0.0164. The number of amides is 6. The van der Waals surface area contributed by atoms with Crippen LogP contribution in [0.3, 0.4) is 0 Å². The molecule has 0 saturated carbocycles. The molecule has 25 nitrogen and oxygen atoms in total. The molecule has 8 aromatic carbocycles. The van der Waals surface area contributed by atoms with Crippen LogP contribution in [-0.2, 0) is 92.6 Å². The fourth-order valence-corrected chi connectivity index (χ4v) is 17.1. The average molecular weight is 1790 g/mol. The van der Waals surface area contributed by atoms with E-state index in [0.29, 0.717) is 50.2 Å². The van der Waals surface area contributed by atoms with E-state index in [1.165, 1.54) is 41.6 Å². The topological polar surface area (TPSA) is 359 Å². The molecule has 9 atom stereocenters. The Kier molecular flexibility index (Phi) is 35.0. The first-order valence-electron chi connectivity index (χ1n) is 44.3. The Morgan fingerprint density at radius 1 is 0.469 bits per heavy atom. The Balaban J connectivity index is 0.929. The number of carbonyl (C=O) groups is 12. The van der Waals surface area contributed by atoms with Crippen LogP contribution in [0.2, 0.25) is 0 Å². The fraction of sp³-hybridized carbons (Fsp3) is 0.375. The minimum absolute atomic E-state index is 0.0444. The molecule has 2 aromatic heterocycles. The molecule has 10 aromatic rings. The number of ether oxygens (including phenoxy) is 2. The number of phenols is 1. The zero-order chi connectivity index (χ0) is 94.0. The fourth-order valence-electron chi connectivity index (χ4n) is 16.6. The van der Waals surface area contributed by atoms with Gasteiger partial charge in [-0.05, 0) is 148 Å². The predicted octanol–water partition coefficient (Wildman–Crippen LogP) is 14.7. The zero-order valence-corrected chi connectivity index (χ0v) is 76.8. The summed E-state index contributed by atoms with van der Waals surface area (Å²) in [4.78, 5) is 181. The number of para-hydroxylation sites is 1. The van der Waals surface area contributed by atoms with Crippen LogP contribution in [0.4, 0.5) is 4.79 Å². The lowest BCUT2D eigenvalue weighted by Crippen LogP contribution is -2.52. The molecule has 0 spiro atoms. The van der Waals surface area contributed by atoms with Crippen molar-refractivity contribution in [2.24, 2.45) is 23.7 Å². The predicted molar refractivity (Wildman–Crippen MR) is 501 cm³/mol. The van der Waals surface area contributed by atoms with E-state index < -0.39 is 186 Å². The Morgan fingerprint density at radius 3 is 1.45 bits per heavy atom. The number of phenolic OH excluding ortho intramolecular Hbond substituents is 1. The van der Waals surface area contributed by atoms with Crippen LogP contribution in [0.1, 0.15) is 184 Å². The summed E-state index contributed by atoms with van der Waals surface area (Å²) in [5.74, 6) is -11.6. The minimum Gasteiger partial charge on any atom is -0.508 e. The molecule has 0 unspecified atom stereocenters. The van der Waals surface area contributed by atoms with Gasteiger partial charge in [-0.3, -0.25) is 52.5 Å². The highest BCUT2D eigenvalue weighted by atomic mass is 32.2. The number of aliphatic carboxylic acids is 1. The molecule has 684 valence electrons. The summed E-state index contributed by atoms with van der Waals surface area (Å²) in [5.41, 5.74) is 2.29. The number of thioether (sulfide) groups is 1. The summed E-state index contributed by atoms with van der Waals surface area (Å²) in [6.45, 7) is 18.8. The smallest absolute Gasteiger partial charge is 0.419 e. The van der Waals surface area contributed by atoms with Gasteiger partial charge in [0.25, 0.3) is 0 Å². The molecule has 0 bridgehead atoms. The van der Waals surface area contributed by atoms with E-state index in [1.807, 2.05) is 200 Å². The number of nitrogens with one attached hydrogen (secondary N) is 6. The SMILES string of the molecule is CCC(=O)N[C@@H](CC(=O)NC(c1ccccc1)(c1ccccc1)c1ccccc1)C(=O)C[C@@H](CC(C)C)C(=O)N[C@@H](Cc1cn(C(=O)OC(C)(C)C)c2ccccc12)C(=O)C[C@@H](C)C(=O)N[C@H](C(=O)CCC(=O)N[C@@H](Cc1cn(C(c2ccccc2)(c2ccccc2)c2ccccc2)cn1)C(=O)C[C@@H](Cc1ccc(O)cc1)C(=O)N[C@@H](CCSC)C(=O)O)[C@@H](C)OC(C)(C)C. The Morgan fingerprint density at radius 2 is 0.946 bits per heavy atom. The van der Waals surface area contributed by atoms with Crippen molar-refractivity contribution >= 4 is 93.3 Å². The number of hydrogen-bond donors (Lipinski definition) is 8. The number of carboxylic acids is 1. The van der Waals surface area contributed by atoms with Crippen LogP contribution in [0.5, 0.6) is 5.75 Å². The number of hydrogen-bond acceptors (Lipinski definition) is 17. The number of Topliss-reactive ketones (excluding diaryl/α,β-unsaturated/α-hetero) is 4. The van der Waals surface area contributed by atoms with E-state index in [1.54, 1.807) is 111 Å². The molecule has 0 aliphatic rings. The number of carbonyl (C=O) groups excluding carboxylic acids is 11. The van der Waals surface area contributed by atoms with Crippen molar-refractivity contribution in [2.75, 3.05) is 12.0 Å². The first-order valence-corrected chi connectivity index (χ1v) is 45.7. The lowest BCUT2D eigenvalue weighted by Gasteiger charge is -2.37. The summed E-state index contributed by atoms with van der Waals surface area (Å²) < 4.78 is 15.5. The summed E-state index contributed by atoms with van der Waals surface area (Å²) in [5, 5.41) is 38.5. The van der Waals surface area contributed by atoms with Crippen LogP contribution in [0, 0.1) is 23.7 Å². The van der Waals surface area contributed by atoms with E-state index in [0.717, 1.165) is 16.7 Å². The van der Waals surface area contributed by atoms with Gasteiger partial charge < -0.3 is 56.2 Å². The van der Waals surface area contributed by atoms with Gasteiger partial charge in [0.1, 0.15) is 34.5 Å². The molecule has 0 aliphatic carbocycles. The van der Waals surface area contributed by atoms with Crippen molar-refractivity contribution in [1.29, 1.82) is 0 Å². The third-order valence-electron chi connectivity index (χ3n) is 22.9. The number of imidazole rings is 1. The summed E-state index contributed by atoms with van der Waals surface area (Å²) >= 11 is 1.39. The van der Waals surface area contributed by atoms with Gasteiger partial charge in [-0.15, -0.1) is 0 Å². The highest BCUT2D eigenvalue weighted by Gasteiger charge is 2.43. The van der Waals surface area contributed by atoms with E-state index in [-0.39, 0.29) is 50.2 Å². The molecule has 26 heteroatoms. The number of benzene rings is 8. The molecule has 2 heterocycles. The minimum atomic E-state index is -1.47. The van der Waals surface area contributed by atoms with Gasteiger partial charge in [-0.2, -0.15) is 11.8 Å². The maximum Gasteiger partial charge on any atom is 0.419 e. The third kappa shape index (κ3) is 26.6. The van der Waals surface area contributed by atoms with Gasteiger partial charge in [-0.1, -0.05) is 240 Å². The zero-order valence-electron chi connectivity index (χ0n) is 76.0. The molecule has 10 rings (SSSR count). The summed E-state index contributed by atoms with van der Waals surface area (Å²) in [6.07, 6.45) is 1.30. The Hall–Kier alpha value is -12.9. The number of nitrogens with zero attached hydrogens (tertiary/aromatic N) is 3. The van der Waals surface area contributed by atoms with Crippen molar-refractivity contribution in [1.82, 2.24) is 46.0 Å². The van der Waals surface area contributed by atoms with Gasteiger partial charge in [0.05, 0.1) is 53.8 Å². The molecule has 6 amide bonds. The van der Waals surface area contributed by atoms with Gasteiger partial charge in [-0.25, -0.2) is 14.6 Å². The molecule has 8 N–H and O–H groups in total. The number of carboxylic acid groups (broad SMARTS) is 1. The maximum atomic E-state index is 15.5.